The summed E-state index contributed by atoms with van der Waals surface area (Å²) in [4.78, 5) is 17.6. The second-order valence-corrected chi connectivity index (χ2v) is 9.39. The number of allylic oxidation sites excluding steroid dienone is 2. The molecular weight excluding hydrogens is 450 g/mol. The van der Waals surface area contributed by atoms with Gasteiger partial charge in [-0.25, -0.2) is 9.67 Å². The second kappa shape index (κ2) is 11.2. The van der Waals surface area contributed by atoms with Gasteiger partial charge in [0.2, 0.25) is 17.4 Å². The first-order valence-corrected chi connectivity index (χ1v) is 12.7. The Hall–Kier alpha value is -3.94. The molecule has 2 aromatic heterocycles. The number of H-pyrrole nitrogens is 1. The Morgan fingerprint density at radius 2 is 1.83 bits per heavy atom. The van der Waals surface area contributed by atoms with E-state index in [2.05, 4.69) is 61.0 Å². The summed E-state index contributed by atoms with van der Waals surface area (Å²) in [5, 5.41) is 19.1. The number of aromatic amines is 1. The predicted octanol–water partition coefficient (Wildman–Crippen LogP) is 5.45. The lowest BCUT2D eigenvalue weighted by molar-refractivity contribution is 0.0939. The molecule has 5 rings (SSSR count). The van der Waals surface area contributed by atoms with Crippen LogP contribution in [0.15, 0.2) is 60.7 Å². The molecule has 0 atom stereocenters. The largest absolute Gasteiger partial charge is 0.291 e. The molecule has 1 fully saturated rings. The Balaban J connectivity index is 1.35. The van der Waals surface area contributed by atoms with Gasteiger partial charge in [0, 0.05) is 18.4 Å². The number of carbonyl (C=O) groups excluding carboxylic acids is 1. The van der Waals surface area contributed by atoms with Crippen LogP contribution in [0.4, 0.5) is 0 Å². The molecule has 36 heavy (non-hydrogen) atoms. The third-order valence-electron chi connectivity index (χ3n) is 6.84. The van der Waals surface area contributed by atoms with Crippen LogP contribution in [0.1, 0.15) is 67.5 Å². The standard InChI is InChI=1S/C28H31N7O/c1-2-3-13-26-29-28(25(36)18-20-9-5-4-6-10-20)32-35(26)19-21-14-16-22(17-15-21)23-11-7-8-12-24(23)27-30-33-34-31-27/h2-3,7-8,11-12,14-17,20H,4-6,9-10,13,18-19H2,1H3,(H,30,31,33,34). The normalized spacial score (nSPS) is 14.5. The number of nitrogens with zero attached hydrogens (tertiary/aromatic N) is 6. The second-order valence-electron chi connectivity index (χ2n) is 9.39. The van der Waals surface area contributed by atoms with E-state index in [-0.39, 0.29) is 5.78 Å². The topological polar surface area (TPSA) is 102 Å². The third-order valence-corrected chi connectivity index (χ3v) is 6.84. The maximum absolute atomic E-state index is 13.0. The summed E-state index contributed by atoms with van der Waals surface area (Å²) < 4.78 is 1.87. The lowest BCUT2D eigenvalue weighted by Crippen LogP contribution is -2.13. The molecule has 1 aliphatic rings. The zero-order valence-corrected chi connectivity index (χ0v) is 20.6. The van der Waals surface area contributed by atoms with Crippen LogP contribution < -0.4 is 0 Å². The van der Waals surface area contributed by atoms with Crippen LogP contribution in [-0.4, -0.2) is 41.2 Å². The summed E-state index contributed by atoms with van der Waals surface area (Å²) >= 11 is 0. The summed E-state index contributed by atoms with van der Waals surface area (Å²) in [7, 11) is 0. The van der Waals surface area contributed by atoms with E-state index in [1.165, 1.54) is 19.3 Å². The van der Waals surface area contributed by atoms with Gasteiger partial charge in [-0.15, -0.1) is 15.3 Å². The van der Waals surface area contributed by atoms with Crippen LogP contribution in [0, 0.1) is 5.92 Å². The molecule has 184 valence electrons. The van der Waals surface area contributed by atoms with E-state index < -0.39 is 0 Å². The smallest absolute Gasteiger partial charge is 0.217 e. The van der Waals surface area contributed by atoms with Gasteiger partial charge in [0.1, 0.15) is 5.82 Å². The van der Waals surface area contributed by atoms with Crippen molar-refractivity contribution in [3.05, 3.63) is 77.9 Å². The lowest BCUT2D eigenvalue weighted by Gasteiger charge is -2.19. The van der Waals surface area contributed by atoms with Gasteiger partial charge in [-0.2, -0.15) is 5.21 Å². The molecule has 0 radical (unpaired) electrons. The summed E-state index contributed by atoms with van der Waals surface area (Å²) in [6, 6.07) is 16.4. The molecule has 0 spiro atoms. The maximum Gasteiger partial charge on any atom is 0.217 e. The molecule has 4 aromatic rings. The van der Waals surface area contributed by atoms with Crippen molar-refractivity contribution in [1.29, 1.82) is 0 Å². The molecule has 0 aliphatic heterocycles. The quantitative estimate of drug-likeness (QED) is 0.252. The fourth-order valence-electron chi connectivity index (χ4n) is 4.91. The highest BCUT2D eigenvalue weighted by molar-refractivity contribution is 5.92. The Kier molecular flexibility index (Phi) is 7.40. The number of carbonyl (C=O) groups is 1. The average Bonchev–Trinajstić information content (AvgIpc) is 3.59. The van der Waals surface area contributed by atoms with Crippen molar-refractivity contribution in [3.63, 3.8) is 0 Å². The highest BCUT2D eigenvalue weighted by Gasteiger charge is 2.22. The summed E-state index contributed by atoms with van der Waals surface area (Å²) in [5.41, 5.74) is 4.12. The number of aromatic nitrogens is 7. The van der Waals surface area contributed by atoms with E-state index in [0.29, 0.717) is 37.0 Å². The minimum absolute atomic E-state index is 0.0656. The first-order valence-electron chi connectivity index (χ1n) is 12.7. The molecule has 8 nitrogen and oxygen atoms in total. The number of tetrazole rings is 1. The minimum Gasteiger partial charge on any atom is -0.291 e. The van der Waals surface area contributed by atoms with Gasteiger partial charge in [-0.3, -0.25) is 4.79 Å². The Morgan fingerprint density at radius 1 is 1.06 bits per heavy atom. The number of hydrogen-bond acceptors (Lipinski definition) is 6. The molecule has 1 N–H and O–H groups in total. The zero-order chi connectivity index (χ0) is 24.7. The molecular formula is C28H31N7O. The molecule has 0 saturated heterocycles. The maximum atomic E-state index is 13.0. The van der Waals surface area contributed by atoms with Crippen molar-refractivity contribution in [2.75, 3.05) is 0 Å². The van der Waals surface area contributed by atoms with Crippen molar-refractivity contribution in [3.8, 4) is 22.5 Å². The van der Waals surface area contributed by atoms with E-state index in [9.17, 15) is 4.79 Å². The number of ketones is 1. The number of nitrogens with one attached hydrogen (secondary N) is 1. The van der Waals surface area contributed by atoms with E-state index in [1.54, 1.807) is 0 Å². The van der Waals surface area contributed by atoms with E-state index in [4.69, 9.17) is 0 Å². The van der Waals surface area contributed by atoms with Crippen molar-refractivity contribution < 1.29 is 4.79 Å². The molecule has 0 amide bonds. The first kappa shape index (κ1) is 23.8. The van der Waals surface area contributed by atoms with Crippen molar-refractivity contribution in [2.24, 2.45) is 5.92 Å². The highest BCUT2D eigenvalue weighted by atomic mass is 16.1. The SMILES string of the molecule is CC=CCc1nc(C(=O)CC2CCCCC2)nn1Cc1ccc(-c2ccccc2-c2nn[nH]n2)cc1. The van der Waals surface area contributed by atoms with Crippen molar-refractivity contribution in [2.45, 2.75) is 58.4 Å². The van der Waals surface area contributed by atoms with E-state index in [0.717, 1.165) is 40.9 Å². The molecule has 0 unspecified atom stereocenters. The van der Waals surface area contributed by atoms with Crippen molar-refractivity contribution in [1.82, 2.24) is 35.4 Å². The fourth-order valence-corrected chi connectivity index (χ4v) is 4.91. The molecule has 1 saturated carbocycles. The molecule has 1 aliphatic carbocycles. The van der Waals surface area contributed by atoms with Gasteiger partial charge in [0.15, 0.2) is 0 Å². The summed E-state index contributed by atoms with van der Waals surface area (Å²) in [6.45, 7) is 2.55. The third kappa shape index (κ3) is 5.48. The van der Waals surface area contributed by atoms with Gasteiger partial charge >= 0.3 is 0 Å². The van der Waals surface area contributed by atoms with Gasteiger partial charge in [0.05, 0.1) is 6.54 Å². The van der Waals surface area contributed by atoms with Crippen LogP contribution in [-0.2, 0) is 13.0 Å². The predicted molar refractivity (Wildman–Crippen MR) is 138 cm³/mol. The Labute approximate surface area is 210 Å². The Morgan fingerprint density at radius 3 is 2.56 bits per heavy atom. The number of benzene rings is 2. The number of hydrogen-bond donors (Lipinski definition) is 1. The van der Waals surface area contributed by atoms with Gasteiger partial charge < -0.3 is 0 Å². The first-order chi connectivity index (χ1) is 17.7. The van der Waals surface area contributed by atoms with Crippen LogP contribution in [0.25, 0.3) is 22.5 Å². The van der Waals surface area contributed by atoms with E-state index in [1.807, 2.05) is 42.0 Å². The van der Waals surface area contributed by atoms with Crippen LogP contribution in [0.5, 0.6) is 0 Å². The number of Topliss-reactive ketones (excluding diaryl/α,β-unsaturated/α-hetero) is 1. The lowest BCUT2D eigenvalue weighted by atomic mass is 9.86. The minimum atomic E-state index is 0.0656. The summed E-state index contributed by atoms with van der Waals surface area (Å²) in [5.74, 6) is 2.27. The monoisotopic (exact) mass is 481 g/mol. The highest BCUT2D eigenvalue weighted by Crippen LogP contribution is 2.30. The molecule has 2 heterocycles. The van der Waals surface area contributed by atoms with Gasteiger partial charge in [0.25, 0.3) is 0 Å². The van der Waals surface area contributed by atoms with Gasteiger partial charge in [-0.1, -0.05) is 92.8 Å². The van der Waals surface area contributed by atoms with Crippen LogP contribution in [0.2, 0.25) is 0 Å². The van der Waals surface area contributed by atoms with Gasteiger partial charge in [-0.05, 0) is 34.7 Å². The van der Waals surface area contributed by atoms with Crippen molar-refractivity contribution >= 4 is 5.78 Å². The molecule has 8 heteroatoms. The number of rotatable bonds is 9. The van der Waals surface area contributed by atoms with Crippen LogP contribution >= 0.6 is 0 Å². The Bertz CT molecular complexity index is 1320. The zero-order valence-electron chi connectivity index (χ0n) is 20.6. The average molecular weight is 482 g/mol. The summed E-state index contributed by atoms with van der Waals surface area (Å²) in [6.07, 6.45) is 11.3. The molecule has 0 bridgehead atoms. The van der Waals surface area contributed by atoms with E-state index >= 15 is 0 Å². The van der Waals surface area contributed by atoms with Crippen LogP contribution in [0.3, 0.4) is 0 Å². The fraction of sp³-hybridized carbons (Fsp3) is 0.357. The molecule has 2 aromatic carbocycles.